The summed E-state index contributed by atoms with van der Waals surface area (Å²) in [6, 6.07) is 15.2. The summed E-state index contributed by atoms with van der Waals surface area (Å²) >= 11 is 0. The Morgan fingerprint density at radius 2 is 1.85 bits per heavy atom. The van der Waals surface area contributed by atoms with E-state index in [0.29, 0.717) is 17.4 Å². The van der Waals surface area contributed by atoms with Gasteiger partial charge in [-0.25, -0.2) is 4.98 Å². The van der Waals surface area contributed by atoms with Crippen molar-refractivity contribution in [2.24, 2.45) is 0 Å². The first-order valence-electron chi connectivity index (χ1n) is 9.50. The van der Waals surface area contributed by atoms with Crippen LogP contribution in [0.2, 0.25) is 0 Å². The third-order valence-corrected chi connectivity index (χ3v) is 4.62. The van der Waals surface area contributed by atoms with Gasteiger partial charge in [-0.3, -0.25) is 14.2 Å². The number of aromatic nitrogens is 2. The number of amides is 1. The Labute approximate surface area is 159 Å². The molecule has 0 aliphatic heterocycles. The quantitative estimate of drug-likeness (QED) is 0.611. The van der Waals surface area contributed by atoms with Crippen LogP contribution < -0.4 is 10.9 Å². The fourth-order valence-electron chi connectivity index (χ4n) is 3.04. The van der Waals surface area contributed by atoms with E-state index in [0.717, 1.165) is 12.1 Å². The molecule has 3 aromatic rings. The van der Waals surface area contributed by atoms with Gasteiger partial charge in [0.25, 0.3) is 5.56 Å². The van der Waals surface area contributed by atoms with Gasteiger partial charge in [-0.1, -0.05) is 44.0 Å². The van der Waals surface area contributed by atoms with Gasteiger partial charge in [0.2, 0.25) is 5.91 Å². The third kappa shape index (κ3) is 5.03. The summed E-state index contributed by atoms with van der Waals surface area (Å²) in [6.45, 7) is 2.50. The molecular weight excluding hydrogens is 338 g/mol. The molecule has 0 saturated heterocycles. The zero-order valence-corrected chi connectivity index (χ0v) is 15.6. The van der Waals surface area contributed by atoms with Crippen molar-refractivity contribution in [1.29, 1.82) is 0 Å². The molecule has 1 heterocycles. The van der Waals surface area contributed by atoms with Crippen LogP contribution >= 0.6 is 0 Å². The minimum absolute atomic E-state index is 0.117. The van der Waals surface area contributed by atoms with Gasteiger partial charge >= 0.3 is 0 Å². The number of hydrogen-bond acceptors (Lipinski definition) is 3. The first kappa shape index (κ1) is 18.8. The maximum atomic E-state index is 12.4. The summed E-state index contributed by atoms with van der Waals surface area (Å²) in [5.41, 5.74) is 2.62. The van der Waals surface area contributed by atoms with Crippen LogP contribution in [0.4, 0.5) is 5.69 Å². The van der Waals surface area contributed by atoms with Crippen molar-refractivity contribution in [2.45, 2.75) is 45.6 Å². The number of rotatable bonds is 8. The summed E-state index contributed by atoms with van der Waals surface area (Å²) in [5.74, 6) is -0.117. The van der Waals surface area contributed by atoms with Crippen molar-refractivity contribution in [3.63, 3.8) is 0 Å². The van der Waals surface area contributed by atoms with Gasteiger partial charge in [0, 0.05) is 18.7 Å². The molecule has 0 saturated carbocycles. The number of unbranched alkanes of at least 4 members (excludes halogenated alkanes) is 2. The van der Waals surface area contributed by atoms with Crippen LogP contribution in [0.25, 0.3) is 10.9 Å². The molecular formula is C22H25N3O2. The molecule has 1 amide bonds. The molecule has 0 bridgehead atoms. The second-order valence-corrected chi connectivity index (χ2v) is 6.71. The predicted molar refractivity (Wildman–Crippen MR) is 109 cm³/mol. The summed E-state index contributed by atoms with van der Waals surface area (Å²) in [4.78, 5) is 28.9. The molecule has 5 heteroatoms. The molecule has 0 spiro atoms. The molecule has 0 radical (unpaired) electrons. The standard InChI is InChI=1S/C22H25N3O2/c1-2-3-4-7-17-10-12-18(13-11-17)24-21(26)14-15-25-16-23-20-9-6-5-8-19(20)22(25)27/h5-6,8-13,16H,2-4,7,14-15H2,1H3,(H,24,26). The third-order valence-electron chi connectivity index (χ3n) is 4.62. The van der Waals surface area contributed by atoms with E-state index >= 15 is 0 Å². The lowest BCUT2D eigenvalue weighted by molar-refractivity contribution is -0.116. The average molecular weight is 363 g/mol. The van der Waals surface area contributed by atoms with Crippen molar-refractivity contribution < 1.29 is 4.79 Å². The van der Waals surface area contributed by atoms with E-state index in [4.69, 9.17) is 0 Å². The van der Waals surface area contributed by atoms with Crippen LogP contribution in [-0.4, -0.2) is 15.5 Å². The van der Waals surface area contributed by atoms with E-state index in [1.54, 1.807) is 12.1 Å². The Hall–Kier alpha value is -2.95. The van der Waals surface area contributed by atoms with Gasteiger partial charge in [-0.15, -0.1) is 0 Å². The second kappa shape index (κ2) is 9.12. The first-order chi connectivity index (χ1) is 13.2. The summed E-state index contributed by atoms with van der Waals surface area (Å²) < 4.78 is 1.48. The van der Waals surface area contributed by atoms with Crippen LogP contribution in [0, 0.1) is 0 Å². The fourth-order valence-corrected chi connectivity index (χ4v) is 3.04. The van der Waals surface area contributed by atoms with Crippen molar-refractivity contribution in [3.8, 4) is 0 Å². The maximum Gasteiger partial charge on any atom is 0.261 e. The van der Waals surface area contributed by atoms with Gasteiger partial charge in [0.05, 0.1) is 17.2 Å². The number of fused-ring (bicyclic) bond motifs is 1. The van der Waals surface area contributed by atoms with Gasteiger partial charge in [-0.05, 0) is 42.7 Å². The number of carbonyl (C=O) groups is 1. The average Bonchev–Trinajstić information content (AvgIpc) is 2.69. The van der Waals surface area contributed by atoms with E-state index in [1.807, 2.05) is 24.3 Å². The van der Waals surface area contributed by atoms with Gasteiger partial charge in [0.15, 0.2) is 0 Å². The lowest BCUT2D eigenvalue weighted by Gasteiger charge is -2.08. The van der Waals surface area contributed by atoms with Crippen LogP contribution in [0.3, 0.4) is 0 Å². The Bertz CT molecular complexity index is 961. The highest BCUT2D eigenvalue weighted by molar-refractivity contribution is 5.90. The molecule has 5 nitrogen and oxygen atoms in total. The van der Waals surface area contributed by atoms with Crippen molar-refractivity contribution in [1.82, 2.24) is 9.55 Å². The van der Waals surface area contributed by atoms with Crippen LogP contribution in [-0.2, 0) is 17.8 Å². The number of nitrogens with zero attached hydrogens (tertiary/aromatic N) is 2. The zero-order valence-electron chi connectivity index (χ0n) is 15.6. The topological polar surface area (TPSA) is 64.0 Å². The molecule has 0 fully saturated rings. The minimum Gasteiger partial charge on any atom is -0.326 e. The fraction of sp³-hybridized carbons (Fsp3) is 0.318. The molecule has 0 atom stereocenters. The Balaban J connectivity index is 1.55. The number of hydrogen-bond donors (Lipinski definition) is 1. The minimum atomic E-state index is -0.121. The van der Waals surface area contributed by atoms with E-state index in [2.05, 4.69) is 29.4 Å². The highest BCUT2D eigenvalue weighted by Crippen LogP contribution is 2.13. The summed E-state index contributed by atoms with van der Waals surface area (Å²) in [6.07, 6.45) is 6.43. The van der Waals surface area contributed by atoms with E-state index in [9.17, 15) is 9.59 Å². The number of anilines is 1. The Morgan fingerprint density at radius 1 is 1.07 bits per heavy atom. The SMILES string of the molecule is CCCCCc1ccc(NC(=O)CCn2cnc3ccccc3c2=O)cc1. The Kier molecular flexibility index (Phi) is 6.36. The molecule has 2 aromatic carbocycles. The molecule has 27 heavy (non-hydrogen) atoms. The smallest absolute Gasteiger partial charge is 0.261 e. The number of aryl methyl sites for hydroxylation is 2. The van der Waals surface area contributed by atoms with Gasteiger partial charge < -0.3 is 5.32 Å². The number of benzene rings is 2. The van der Waals surface area contributed by atoms with E-state index in [1.165, 1.54) is 35.7 Å². The maximum absolute atomic E-state index is 12.4. The number of para-hydroxylation sites is 1. The zero-order chi connectivity index (χ0) is 19.1. The first-order valence-corrected chi connectivity index (χ1v) is 9.50. The lowest BCUT2D eigenvalue weighted by Crippen LogP contribution is -2.23. The highest BCUT2D eigenvalue weighted by Gasteiger charge is 2.07. The largest absolute Gasteiger partial charge is 0.326 e. The van der Waals surface area contributed by atoms with Crippen LogP contribution in [0.15, 0.2) is 59.7 Å². The molecule has 140 valence electrons. The number of carbonyl (C=O) groups excluding carboxylic acids is 1. The molecule has 3 rings (SSSR count). The van der Waals surface area contributed by atoms with Gasteiger partial charge in [0.1, 0.15) is 0 Å². The lowest BCUT2D eigenvalue weighted by atomic mass is 10.1. The normalized spacial score (nSPS) is 10.9. The van der Waals surface area contributed by atoms with Gasteiger partial charge in [-0.2, -0.15) is 0 Å². The number of nitrogens with one attached hydrogen (secondary N) is 1. The molecule has 0 aliphatic rings. The molecule has 0 unspecified atom stereocenters. The molecule has 1 N–H and O–H groups in total. The highest BCUT2D eigenvalue weighted by atomic mass is 16.1. The molecule has 0 aliphatic carbocycles. The van der Waals surface area contributed by atoms with Crippen molar-refractivity contribution in [2.75, 3.05) is 5.32 Å². The second-order valence-electron chi connectivity index (χ2n) is 6.71. The Morgan fingerprint density at radius 3 is 2.63 bits per heavy atom. The van der Waals surface area contributed by atoms with E-state index < -0.39 is 0 Å². The predicted octanol–water partition coefficient (Wildman–Crippen LogP) is 4.16. The van der Waals surface area contributed by atoms with Crippen molar-refractivity contribution >= 4 is 22.5 Å². The van der Waals surface area contributed by atoms with Crippen molar-refractivity contribution in [3.05, 3.63) is 70.8 Å². The molecule has 1 aromatic heterocycles. The van der Waals surface area contributed by atoms with Crippen LogP contribution in [0.5, 0.6) is 0 Å². The summed E-state index contributed by atoms with van der Waals surface area (Å²) in [5, 5.41) is 3.46. The monoisotopic (exact) mass is 363 g/mol. The van der Waals surface area contributed by atoms with E-state index in [-0.39, 0.29) is 17.9 Å². The summed E-state index contributed by atoms with van der Waals surface area (Å²) in [7, 11) is 0. The van der Waals surface area contributed by atoms with Crippen LogP contribution in [0.1, 0.15) is 38.2 Å².